The Hall–Kier alpha value is -0.880. The Labute approximate surface area is 116 Å². The molecule has 0 spiro atoms. The number of carbonyl (C=O) groups excluding carboxylic acids is 1. The van der Waals surface area contributed by atoms with E-state index in [-0.39, 0.29) is 22.9 Å². The third-order valence-electron chi connectivity index (χ3n) is 2.01. The molecule has 100 valence electrons. The molecule has 0 radical (unpaired) electrons. The molecule has 0 atom stereocenters. The van der Waals surface area contributed by atoms with Crippen molar-refractivity contribution in [3.63, 3.8) is 0 Å². The number of esters is 1. The zero-order valence-corrected chi connectivity index (χ0v) is 11.7. The van der Waals surface area contributed by atoms with Gasteiger partial charge in [0.05, 0.1) is 17.2 Å². The second kappa shape index (κ2) is 6.89. The van der Waals surface area contributed by atoms with Gasteiger partial charge in [-0.2, -0.15) is 8.78 Å². The van der Waals surface area contributed by atoms with Crippen molar-refractivity contribution < 1.29 is 23.0 Å². The van der Waals surface area contributed by atoms with Gasteiger partial charge in [-0.05, 0) is 24.6 Å². The van der Waals surface area contributed by atoms with Gasteiger partial charge in [0.25, 0.3) is 0 Å². The summed E-state index contributed by atoms with van der Waals surface area (Å²) in [4.78, 5) is 11.6. The normalized spacial score (nSPS) is 10.6. The fourth-order valence-electron chi connectivity index (χ4n) is 1.29. The number of hydrogen-bond donors (Lipinski definition) is 0. The molecule has 1 aromatic rings. The minimum atomic E-state index is -3.01. The number of ether oxygens (including phenoxy) is 2. The first-order valence-electron chi connectivity index (χ1n) is 4.99. The molecular formula is C11H10BrClF2O3. The van der Waals surface area contributed by atoms with Crippen LogP contribution in [0.25, 0.3) is 0 Å². The highest BCUT2D eigenvalue weighted by molar-refractivity contribution is 9.08. The van der Waals surface area contributed by atoms with Crippen molar-refractivity contribution >= 4 is 33.5 Å². The molecule has 0 fully saturated rings. The molecule has 1 rings (SSSR count). The van der Waals surface area contributed by atoms with E-state index in [1.807, 2.05) is 0 Å². The van der Waals surface area contributed by atoms with Crippen LogP contribution in [-0.4, -0.2) is 19.2 Å². The average Bonchev–Trinajstić information content (AvgIpc) is 2.30. The molecule has 0 aliphatic carbocycles. The minimum Gasteiger partial charge on any atom is -0.462 e. The van der Waals surface area contributed by atoms with Gasteiger partial charge in [0.15, 0.2) is 0 Å². The molecule has 0 N–H and O–H groups in total. The molecule has 0 saturated heterocycles. The first-order valence-corrected chi connectivity index (χ1v) is 6.49. The number of alkyl halides is 3. The fraction of sp³-hybridized carbons (Fsp3) is 0.364. The van der Waals surface area contributed by atoms with E-state index in [0.29, 0.717) is 10.9 Å². The van der Waals surface area contributed by atoms with E-state index in [1.54, 1.807) is 6.92 Å². The van der Waals surface area contributed by atoms with Crippen molar-refractivity contribution in [3.8, 4) is 5.75 Å². The van der Waals surface area contributed by atoms with Gasteiger partial charge in [0, 0.05) is 5.33 Å². The maximum Gasteiger partial charge on any atom is 0.387 e. The summed E-state index contributed by atoms with van der Waals surface area (Å²) in [5, 5.41) is 0.355. The summed E-state index contributed by atoms with van der Waals surface area (Å²) in [6.45, 7) is -1.17. The molecule has 0 saturated carbocycles. The number of carbonyl (C=O) groups is 1. The van der Waals surface area contributed by atoms with Crippen LogP contribution >= 0.6 is 27.5 Å². The maximum absolute atomic E-state index is 12.2. The number of benzene rings is 1. The molecule has 0 aliphatic heterocycles. The largest absolute Gasteiger partial charge is 0.462 e. The summed E-state index contributed by atoms with van der Waals surface area (Å²) in [6, 6.07) is 2.54. The van der Waals surface area contributed by atoms with Crippen molar-refractivity contribution in [2.24, 2.45) is 0 Å². The smallest absolute Gasteiger partial charge is 0.387 e. The van der Waals surface area contributed by atoms with Gasteiger partial charge in [0.2, 0.25) is 0 Å². The molecule has 0 aromatic heterocycles. The molecule has 3 nitrogen and oxygen atoms in total. The predicted molar refractivity (Wildman–Crippen MR) is 66.7 cm³/mol. The number of halogens is 4. The van der Waals surface area contributed by atoms with Crippen molar-refractivity contribution in [3.05, 3.63) is 28.3 Å². The van der Waals surface area contributed by atoms with Crippen molar-refractivity contribution in [2.45, 2.75) is 18.9 Å². The SMILES string of the molecule is CCOC(=O)c1cc(OC(F)F)c(Cl)cc1CBr. The van der Waals surface area contributed by atoms with Crippen LogP contribution in [0.1, 0.15) is 22.8 Å². The molecule has 0 amide bonds. The number of hydrogen-bond acceptors (Lipinski definition) is 3. The quantitative estimate of drug-likeness (QED) is 0.598. The lowest BCUT2D eigenvalue weighted by atomic mass is 10.1. The Balaban J connectivity index is 3.17. The molecule has 18 heavy (non-hydrogen) atoms. The topological polar surface area (TPSA) is 35.5 Å². The van der Waals surface area contributed by atoms with Gasteiger partial charge in [0.1, 0.15) is 5.75 Å². The van der Waals surface area contributed by atoms with E-state index >= 15 is 0 Å². The van der Waals surface area contributed by atoms with Gasteiger partial charge in [-0.15, -0.1) is 0 Å². The summed E-state index contributed by atoms with van der Waals surface area (Å²) < 4.78 is 33.4. The highest BCUT2D eigenvalue weighted by Crippen LogP contribution is 2.31. The zero-order chi connectivity index (χ0) is 13.7. The average molecular weight is 344 g/mol. The van der Waals surface area contributed by atoms with E-state index in [0.717, 1.165) is 6.07 Å². The lowest BCUT2D eigenvalue weighted by molar-refractivity contribution is -0.0498. The summed E-state index contributed by atoms with van der Waals surface area (Å²) in [7, 11) is 0. The minimum absolute atomic E-state index is 0.0119. The van der Waals surface area contributed by atoms with Crippen LogP contribution in [-0.2, 0) is 10.1 Å². The Morgan fingerprint density at radius 1 is 1.50 bits per heavy atom. The standard InChI is InChI=1S/C11H10BrClF2O3/c1-2-17-10(16)7-4-9(18-11(14)15)8(13)3-6(7)5-12/h3-4,11H,2,5H2,1H3. The van der Waals surface area contributed by atoms with Crippen LogP contribution in [0.5, 0.6) is 5.75 Å². The van der Waals surface area contributed by atoms with E-state index in [2.05, 4.69) is 20.7 Å². The summed E-state index contributed by atoms with van der Waals surface area (Å²) >= 11 is 8.96. The summed E-state index contributed by atoms with van der Waals surface area (Å²) in [6.07, 6.45) is 0. The van der Waals surface area contributed by atoms with E-state index in [4.69, 9.17) is 16.3 Å². The molecule has 1 aromatic carbocycles. The van der Waals surface area contributed by atoms with Crippen LogP contribution in [0.3, 0.4) is 0 Å². The van der Waals surface area contributed by atoms with E-state index in [9.17, 15) is 13.6 Å². The van der Waals surface area contributed by atoms with Gasteiger partial charge in [-0.1, -0.05) is 27.5 Å². The van der Waals surface area contributed by atoms with Crippen LogP contribution in [0, 0.1) is 0 Å². The Bertz CT molecular complexity index is 441. The van der Waals surface area contributed by atoms with Crippen LogP contribution in [0.15, 0.2) is 12.1 Å². The highest BCUT2D eigenvalue weighted by atomic mass is 79.9. The Morgan fingerprint density at radius 2 is 2.17 bits per heavy atom. The molecule has 0 heterocycles. The maximum atomic E-state index is 12.2. The molecule has 0 bridgehead atoms. The predicted octanol–water partition coefficient (Wildman–Crippen LogP) is 4.01. The third-order valence-corrected chi connectivity index (χ3v) is 2.91. The van der Waals surface area contributed by atoms with Gasteiger partial charge >= 0.3 is 12.6 Å². The van der Waals surface area contributed by atoms with E-state index in [1.165, 1.54) is 6.07 Å². The molecule has 0 aliphatic rings. The Kier molecular flexibility index (Phi) is 5.81. The highest BCUT2D eigenvalue weighted by Gasteiger charge is 2.18. The first-order chi connectivity index (χ1) is 8.49. The Morgan fingerprint density at radius 3 is 2.67 bits per heavy atom. The first kappa shape index (κ1) is 15.2. The summed E-state index contributed by atoms with van der Waals surface area (Å²) in [5.74, 6) is -0.859. The van der Waals surface area contributed by atoms with Gasteiger partial charge in [-0.3, -0.25) is 0 Å². The lowest BCUT2D eigenvalue weighted by Gasteiger charge is -2.12. The van der Waals surface area contributed by atoms with Crippen LogP contribution < -0.4 is 4.74 Å². The second-order valence-electron chi connectivity index (χ2n) is 3.17. The van der Waals surface area contributed by atoms with E-state index < -0.39 is 12.6 Å². The van der Waals surface area contributed by atoms with Gasteiger partial charge in [-0.25, -0.2) is 4.79 Å². The fourth-order valence-corrected chi connectivity index (χ4v) is 1.99. The zero-order valence-electron chi connectivity index (χ0n) is 9.38. The van der Waals surface area contributed by atoms with Crippen molar-refractivity contribution in [1.29, 1.82) is 0 Å². The lowest BCUT2D eigenvalue weighted by Crippen LogP contribution is -2.10. The van der Waals surface area contributed by atoms with Gasteiger partial charge < -0.3 is 9.47 Å². The van der Waals surface area contributed by atoms with Crippen molar-refractivity contribution in [1.82, 2.24) is 0 Å². The third kappa shape index (κ3) is 3.81. The van der Waals surface area contributed by atoms with Crippen molar-refractivity contribution in [2.75, 3.05) is 6.61 Å². The van der Waals surface area contributed by atoms with Crippen LogP contribution in [0.4, 0.5) is 8.78 Å². The second-order valence-corrected chi connectivity index (χ2v) is 4.14. The molecule has 7 heteroatoms. The molecular weight excluding hydrogens is 333 g/mol. The van der Waals surface area contributed by atoms with Crippen LogP contribution in [0.2, 0.25) is 5.02 Å². The number of rotatable bonds is 5. The monoisotopic (exact) mass is 342 g/mol. The molecule has 0 unspecified atom stereocenters. The summed E-state index contributed by atoms with van der Waals surface area (Å²) in [5.41, 5.74) is 0.689.